The lowest BCUT2D eigenvalue weighted by Crippen LogP contribution is -2.25. The normalized spacial score (nSPS) is 6.83. The maximum Gasteiger partial charge on any atom is 0.319 e. The van der Waals surface area contributed by atoms with E-state index in [4.69, 9.17) is 0 Å². The molecule has 1 aliphatic rings. The molecule has 3 nitrogen and oxygen atoms in total. The van der Waals surface area contributed by atoms with Crippen molar-refractivity contribution in [3.05, 3.63) is 0 Å². The molecule has 19 heteroatoms. The Morgan fingerprint density at radius 2 is 0.583 bits per heavy atom. The molecule has 1 aliphatic heterocycles. The van der Waals surface area contributed by atoms with Crippen LogP contribution in [0.15, 0.2) is 0 Å². The Labute approximate surface area is 125 Å². The van der Waals surface area contributed by atoms with Gasteiger partial charge in [-0.1, -0.05) is 0 Å². The van der Waals surface area contributed by atoms with Gasteiger partial charge in [-0.2, -0.15) is 0 Å². The first-order chi connectivity index (χ1) is 3.72. The van der Waals surface area contributed by atoms with Crippen LogP contribution in [0.1, 0.15) is 0 Å². The van der Waals surface area contributed by atoms with Crippen LogP contribution in [0.5, 0.6) is 0 Å². The van der Waals surface area contributed by atoms with Gasteiger partial charge in [0.25, 0.3) is 0 Å². The maximum atomic E-state index is 10.8. The molecule has 0 saturated carbocycles. The Kier molecular flexibility index (Phi) is 1120. The van der Waals surface area contributed by atoms with Crippen molar-refractivity contribution >= 4 is 6.03 Å². The van der Waals surface area contributed by atoms with Crippen LogP contribution < -0.4 is 0 Å². The first-order valence-electron chi connectivity index (χ1n) is 2.68. The summed E-state index contributed by atoms with van der Waals surface area (Å²) in [4.78, 5) is 14.2. The molecule has 0 aliphatic carbocycles. The molecule has 0 aromatic rings. The lowest BCUT2D eigenvalue weighted by Gasteiger charge is -2.07. The fourth-order valence-electron chi connectivity index (χ4n) is 0.783. The Morgan fingerprint density at radius 3 is 0.625 bits per heavy atom. The summed E-state index contributed by atoms with van der Waals surface area (Å²) in [5, 5.41) is 0. The van der Waals surface area contributed by atoms with Crippen LogP contribution >= 0.6 is 0 Å². The molecule has 1 fully saturated rings. The molecule has 0 N–H and O–H groups in total. The van der Waals surface area contributed by atoms with Crippen LogP contribution in [0, 0.1) is 0 Å². The van der Waals surface area contributed by atoms with Crippen molar-refractivity contribution in [1.29, 1.82) is 0 Å². The lowest BCUT2D eigenvalue weighted by molar-refractivity contribution is 0.205. The number of carbonyl (C=O) groups excluding carboxylic acids is 1. The quantitative estimate of drug-likeness (QED) is 0.538. The second kappa shape index (κ2) is 103. The van der Waals surface area contributed by atoms with Gasteiger partial charge in [0.15, 0.2) is 0 Å². The molecular weight excluding hydrogens is 408 g/mol. The van der Waals surface area contributed by atoms with E-state index in [0.717, 1.165) is 13.1 Å². The standard InChI is InChI=1S/C5H10N2O.16FH/c1-6-3-4-7(2)5(6)8;;;;;;;;;;;;;;;;/h3-4H2,1-2H3;16*1H. The average Bonchev–Trinajstić information content (AvgIpc) is 1.98. The minimum absolute atomic E-state index is 0. The molecule has 1 saturated heterocycles. The molecule has 0 aromatic carbocycles. The molecule has 0 aromatic heterocycles. The zero-order valence-corrected chi connectivity index (χ0v) is 11.7. The van der Waals surface area contributed by atoms with Gasteiger partial charge >= 0.3 is 6.03 Å². The minimum atomic E-state index is 0. The van der Waals surface area contributed by atoms with Crippen molar-refractivity contribution in [2.24, 2.45) is 0 Å². The van der Waals surface area contributed by atoms with E-state index in [9.17, 15) is 4.79 Å². The van der Waals surface area contributed by atoms with Gasteiger partial charge in [-0.05, 0) is 0 Å². The van der Waals surface area contributed by atoms with E-state index in [1.54, 1.807) is 9.80 Å². The lowest BCUT2D eigenvalue weighted by atomic mass is 10.6. The molecule has 24 heavy (non-hydrogen) atoms. The maximum absolute atomic E-state index is 10.8. The summed E-state index contributed by atoms with van der Waals surface area (Å²) < 4.78 is 0. The van der Waals surface area contributed by atoms with Gasteiger partial charge in [-0.15, -0.1) is 0 Å². The summed E-state index contributed by atoms with van der Waals surface area (Å²) in [6.07, 6.45) is 0. The van der Waals surface area contributed by atoms with E-state index in [2.05, 4.69) is 0 Å². The van der Waals surface area contributed by atoms with Crippen molar-refractivity contribution in [3.8, 4) is 0 Å². The molecule has 0 bridgehead atoms. The van der Waals surface area contributed by atoms with Crippen molar-refractivity contribution in [1.82, 2.24) is 9.80 Å². The second-order valence-electron chi connectivity index (χ2n) is 2.13. The first kappa shape index (κ1) is 262. The van der Waals surface area contributed by atoms with Crippen LogP contribution in [-0.4, -0.2) is 43.0 Å². The number of halogens is 16. The summed E-state index contributed by atoms with van der Waals surface area (Å²) in [6.45, 7) is 1.74. The molecule has 2 amide bonds. The highest BCUT2D eigenvalue weighted by molar-refractivity contribution is 5.75. The Bertz CT molecular complexity index is 123. The van der Waals surface area contributed by atoms with Gasteiger partial charge in [-0.3, -0.25) is 75.3 Å². The van der Waals surface area contributed by atoms with Crippen LogP contribution in [0.2, 0.25) is 0 Å². The number of amides is 2. The monoisotopic (exact) mass is 434 g/mol. The average molecular weight is 434 g/mol. The summed E-state index contributed by atoms with van der Waals surface area (Å²) in [5.41, 5.74) is 0. The van der Waals surface area contributed by atoms with Crippen molar-refractivity contribution < 1.29 is 80.1 Å². The highest BCUT2D eigenvalue weighted by atomic mass is 19.0. The molecule has 1 rings (SSSR count). The largest absolute Gasteiger partial charge is 0.326 e. The summed E-state index contributed by atoms with van der Waals surface area (Å²) in [6, 6.07) is 0.130. The number of likely N-dealkylation sites (N-methyl/N-ethyl adjacent to an activating group) is 2. The SMILES string of the molecule is CN1CCN(C)C1=O.F.F.F.F.F.F.F.F.F.F.F.F.F.F.F.F. The van der Waals surface area contributed by atoms with Crippen LogP contribution in [0.3, 0.4) is 0 Å². The van der Waals surface area contributed by atoms with E-state index in [0.29, 0.717) is 0 Å². The van der Waals surface area contributed by atoms with Gasteiger partial charge in [0.2, 0.25) is 0 Å². The van der Waals surface area contributed by atoms with E-state index in [-0.39, 0.29) is 81.3 Å². The van der Waals surface area contributed by atoms with E-state index in [1.807, 2.05) is 14.1 Å². The fraction of sp³-hybridized carbons (Fsp3) is 0.800. The van der Waals surface area contributed by atoms with E-state index < -0.39 is 0 Å². The Morgan fingerprint density at radius 1 is 0.458 bits per heavy atom. The van der Waals surface area contributed by atoms with Crippen LogP contribution in [0.4, 0.5) is 80.1 Å². The number of carbonyl (C=O) groups is 1. The van der Waals surface area contributed by atoms with Gasteiger partial charge in [0.05, 0.1) is 0 Å². The predicted octanol–water partition coefficient (Wildman–Crippen LogP) is 2.42. The zero-order chi connectivity index (χ0) is 6.15. The Balaban J connectivity index is -0.00000000286. The zero-order valence-electron chi connectivity index (χ0n) is 11.7. The highest BCUT2D eigenvalue weighted by Crippen LogP contribution is 2.00. The van der Waals surface area contributed by atoms with Crippen LogP contribution in [-0.2, 0) is 0 Å². The van der Waals surface area contributed by atoms with Crippen molar-refractivity contribution in [2.45, 2.75) is 0 Å². The van der Waals surface area contributed by atoms with E-state index in [1.165, 1.54) is 0 Å². The number of rotatable bonds is 0. The highest BCUT2D eigenvalue weighted by Gasteiger charge is 2.20. The second-order valence-corrected chi connectivity index (χ2v) is 2.13. The molecular formula is C5H26F16N2O. The first-order valence-corrected chi connectivity index (χ1v) is 2.68. The Hall–Kier alpha value is -1.85. The third kappa shape index (κ3) is 59.4. The molecule has 0 radical (unpaired) electrons. The topological polar surface area (TPSA) is 23.6 Å². The summed E-state index contributed by atoms with van der Waals surface area (Å²) in [7, 11) is 3.62. The summed E-state index contributed by atoms with van der Waals surface area (Å²) in [5.74, 6) is 0. The number of hydrogen-bond donors (Lipinski definition) is 0. The minimum Gasteiger partial charge on any atom is -0.326 e. The van der Waals surface area contributed by atoms with Gasteiger partial charge < -0.3 is 9.80 Å². The van der Waals surface area contributed by atoms with Crippen molar-refractivity contribution in [3.63, 3.8) is 0 Å². The van der Waals surface area contributed by atoms with Crippen LogP contribution in [0.25, 0.3) is 0 Å². The van der Waals surface area contributed by atoms with E-state index >= 15 is 0 Å². The third-order valence-corrected chi connectivity index (χ3v) is 1.42. The molecule has 174 valence electrons. The smallest absolute Gasteiger partial charge is 0.319 e. The van der Waals surface area contributed by atoms with Gasteiger partial charge in [-0.25, -0.2) is 4.79 Å². The number of nitrogens with zero attached hydrogens (tertiary/aromatic N) is 2. The fourth-order valence-corrected chi connectivity index (χ4v) is 0.783. The molecule has 1 heterocycles. The number of urea groups is 1. The predicted molar refractivity (Wildman–Crippen MR) is 70.7 cm³/mol. The van der Waals surface area contributed by atoms with Crippen molar-refractivity contribution in [2.75, 3.05) is 27.2 Å². The third-order valence-electron chi connectivity index (χ3n) is 1.42. The molecule has 0 unspecified atom stereocenters. The van der Waals surface area contributed by atoms with Gasteiger partial charge in [0.1, 0.15) is 0 Å². The number of hydrogen-bond acceptors (Lipinski definition) is 1. The molecule has 0 atom stereocenters. The molecule has 0 spiro atoms. The summed E-state index contributed by atoms with van der Waals surface area (Å²) >= 11 is 0. The van der Waals surface area contributed by atoms with Gasteiger partial charge in [0, 0.05) is 27.2 Å².